The van der Waals surface area contributed by atoms with Gasteiger partial charge in [0.2, 0.25) is 11.7 Å². The van der Waals surface area contributed by atoms with Crippen LogP contribution in [0.15, 0.2) is 4.79 Å². The van der Waals surface area contributed by atoms with Crippen LogP contribution in [0.2, 0.25) is 0 Å². The molecule has 2 unspecified atom stereocenters. The van der Waals surface area contributed by atoms with E-state index in [1.807, 2.05) is 32.6 Å². The van der Waals surface area contributed by atoms with Crippen LogP contribution in [0.25, 0.3) is 5.78 Å². The van der Waals surface area contributed by atoms with Crippen LogP contribution < -0.4 is 15.4 Å². The lowest BCUT2D eigenvalue weighted by molar-refractivity contribution is -0.133. The first-order chi connectivity index (χ1) is 14.7. The zero-order valence-electron chi connectivity index (χ0n) is 18.4. The largest absolute Gasteiger partial charge is 0.444 e. The third-order valence-corrected chi connectivity index (χ3v) is 5.93. The maximum Gasteiger partial charge on any atom is 0.410 e. The predicted octanol–water partition coefficient (Wildman–Crippen LogP) is 0.761. The van der Waals surface area contributed by atoms with Crippen molar-refractivity contribution in [2.24, 2.45) is 0 Å². The molecule has 0 radical (unpaired) electrons. The Kier molecular flexibility index (Phi) is 4.61. The molecule has 1 amide bonds. The summed E-state index contributed by atoms with van der Waals surface area (Å²) in [7, 11) is 0. The normalized spacial score (nSPS) is 23.8. The van der Waals surface area contributed by atoms with Crippen LogP contribution in [0.3, 0.4) is 0 Å². The average Bonchev–Trinajstić information content (AvgIpc) is 3.11. The lowest BCUT2D eigenvalue weighted by atomic mass is 9.99. The Labute approximate surface area is 179 Å². The number of amides is 1. The van der Waals surface area contributed by atoms with Crippen molar-refractivity contribution in [3.8, 4) is 0 Å². The molecule has 2 aromatic heterocycles. The van der Waals surface area contributed by atoms with E-state index in [0.29, 0.717) is 43.6 Å². The minimum absolute atomic E-state index is 0.200. The summed E-state index contributed by atoms with van der Waals surface area (Å²) in [6, 6.07) is 0. The number of carbonyl (C=O) groups is 1. The standard InChI is InChI=1S/C20H29N7O4/c1-12-15(24-5-7-25(8-6-24)19(29)31-20(2,3)4)16(28)27-17(21-12)22-18(23-27)26-10-13-9-14(11-26)30-13/h13-14H,5-11H2,1-4H3,(H,21,22,23). The van der Waals surface area contributed by atoms with Gasteiger partial charge in [-0.05, 0) is 27.7 Å². The summed E-state index contributed by atoms with van der Waals surface area (Å²) in [6.07, 6.45) is 1.23. The number of hydrogen-bond donors (Lipinski definition) is 1. The van der Waals surface area contributed by atoms with Gasteiger partial charge in [-0.3, -0.25) is 4.79 Å². The Morgan fingerprint density at radius 3 is 2.39 bits per heavy atom. The SMILES string of the molecule is Cc1[nH]c2nc(N3CC4CC(C3)O4)nn2c(=O)c1N1CCN(C(=O)OC(C)(C)C)CC1. The number of nitrogens with zero attached hydrogens (tertiary/aromatic N) is 6. The molecule has 1 N–H and O–H groups in total. The molecule has 0 aliphatic carbocycles. The van der Waals surface area contributed by atoms with Gasteiger partial charge in [-0.15, -0.1) is 5.10 Å². The van der Waals surface area contributed by atoms with Gasteiger partial charge in [0, 0.05) is 51.4 Å². The number of piperidine rings is 1. The molecular weight excluding hydrogens is 402 g/mol. The minimum Gasteiger partial charge on any atom is -0.444 e. The van der Waals surface area contributed by atoms with Crippen LogP contribution in [-0.4, -0.2) is 87.7 Å². The molecule has 11 heteroatoms. The van der Waals surface area contributed by atoms with Crippen LogP contribution >= 0.6 is 0 Å². The summed E-state index contributed by atoms with van der Waals surface area (Å²) >= 11 is 0. The first-order valence-corrected chi connectivity index (χ1v) is 10.8. The van der Waals surface area contributed by atoms with Crippen molar-refractivity contribution < 1.29 is 14.3 Å². The number of ether oxygens (including phenoxy) is 2. The number of H-pyrrole nitrogens is 1. The van der Waals surface area contributed by atoms with Crippen molar-refractivity contribution in [3.63, 3.8) is 0 Å². The number of carbonyl (C=O) groups excluding carboxylic acids is 1. The van der Waals surface area contributed by atoms with E-state index < -0.39 is 5.60 Å². The molecule has 2 aromatic rings. The lowest BCUT2D eigenvalue weighted by Gasteiger charge is -2.46. The third kappa shape index (κ3) is 3.71. The Hall–Kier alpha value is -2.82. The Bertz CT molecular complexity index is 1050. The van der Waals surface area contributed by atoms with Crippen LogP contribution in [0.4, 0.5) is 16.4 Å². The van der Waals surface area contributed by atoms with Gasteiger partial charge < -0.3 is 29.2 Å². The number of piperazine rings is 1. The van der Waals surface area contributed by atoms with Gasteiger partial charge in [-0.25, -0.2) is 4.79 Å². The molecule has 6 heterocycles. The first kappa shape index (κ1) is 20.1. The van der Waals surface area contributed by atoms with Gasteiger partial charge in [0.1, 0.15) is 11.3 Å². The second kappa shape index (κ2) is 7.11. The van der Waals surface area contributed by atoms with E-state index in [-0.39, 0.29) is 23.9 Å². The predicted molar refractivity (Wildman–Crippen MR) is 114 cm³/mol. The summed E-state index contributed by atoms with van der Waals surface area (Å²) in [5, 5.41) is 4.49. The van der Waals surface area contributed by atoms with Crippen molar-refractivity contribution >= 4 is 23.5 Å². The molecule has 31 heavy (non-hydrogen) atoms. The van der Waals surface area contributed by atoms with E-state index in [9.17, 15) is 9.59 Å². The van der Waals surface area contributed by atoms with Crippen molar-refractivity contribution in [1.82, 2.24) is 24.5 Å². The van der Waals surface area contributed by atoms with Gasteiger partial charge in [0.05, 0.1) is 12.2 Å². The summed E-state index contributed by atoms with van der Waals surface area (Å²) in [6.45, 7) is 11.0. The number of anilines is 2. The Morgan fingerprint density at radius 2 is 1.77 bits per heavy atom. The van der Waals surface area contributed by atoms with Gasteiger partial charge in [-0.1, -0.05) is 0 Å². The fraction of sp³-hybridized carbons (Fsp3) is 0.700. The minimum atomic E-state index is -0.529. The van der Waals surface area contributed by atoms with Crippen molar-refractivity contribution in [2.45, 2.75) is 51.9 Å². The van der Waals surface area contributed by atoms with Crippen molar-refractivity contribution in [1.29, 1.82) is 0 Å². The van der Waals surface area contributed by atoms with Crippen LogP contribution in [0.1, 0.15) is 32.9 Å². The number of aromatic nitrogens is 4. The molecule has 168 valence electrons. The first-order valence-electron chi connectivity index (χ1n) is 10.8. The third-order valence-electron chi connectivity index (χ3n) is 5.93. The molecule has 0 spiro atoms. The molecule has 11 nitrogen and oxygen atoms in total. The van der Waals surface area contributed by atoms with Gasteiger partial charge in [0.25, 0.3) is 5.56 Å². The maximum atomic E-state index is 13.3. The van der Waals surface area contributed by atoms with Gasteiger partial charge in [-0.2, -0.15) is 9.50 Å². The molecule has 2 atom stereocenters. The number of aryl methyl sites for hydroxylation is 1. The van der Waals surface area contributed by atoms with E-state index in [2.05, 4.69) is 20.0 Å². The fourth-order valence-electron chi connectivity index (χ4n) is 4.48. The Morgan fingerprint density at radius 1 is 1.13 bits per heavy atom. The van der Waals surface area contributed by atoms with Crippen LogP contribution in [-0.2, 0) is 9.47 Å². The van der Waals surface area contributed by atoms with E-state index in [1.54, 1.807) is 4.90 Å². The van der Waals surface area contributed by atoms with Crippen molar-refractivity contribution in [3.05, 3.63) is 16.0 Å². The number of morpholine rings is 1. The highest BCUT2D eigenvalue weighted by Gasteiger charge is 2.39. The molecule has 4 fully saturated rings. The highest BCUT2D eigenvalue weighted by Crippen LogP contribution is 2.30. The molecule has 4 aliphatic rings. The molecule has 6 rings (SSSR count). The topological polar surface area (TPSA) is 108 Å². The van der Waals surface area contributed by atoms with E-state index >= 15 is 0 Å². The molecule has 0 aromatic carbocycles. The summed E-state index contributed by atoms with van der Waals surface area (Å²) in [4.78, 5) is 39.1. The zero-order valence-corrected chi connectivity index (χ0v) is 18.4. The fourth-order valence-corrected chi connectivity index (χ4v) is 4.48. The molecular formula is C20H29N7O4. The van der Waals surface area contributed by atoms with Crippen LogP contribution in [0.5, 0.6) is 0 Å². The summed E-state index contributed by atoms with van der Waals surface area (Å²) in [5.41, 5.74) is 0.581. The summed E-state index contributed by atoms with van der Waals surface area (Å²) in [5.74, 6) is 0.992. The highest BCUT2D eigenvalue weighted by molar-refractivity contribution is 5.68. The number of nitrogens with one attached hydrogen (secondary N) is 1. The monoisotopic (exact) mass is 431 g/mol. The molecule has 2 bridgehead atoms. The average molecular weight is 431 g/mol. The zero-order chi connectivity index (χ0) is 21.9. The highest BCUT2D eigenvalue weighted by atomic mass is 16.6. The maximum absolute atomic E-state index is 13.3. The number of fused-ring (bicyclic) bond motifs is 3. The van der Waals surface area contributed by atoms with Gasteiger partial charge >= 0.3 is 6.09 Å². The number of hydrogen-bond acceptors (Lipinski definition) is 8. The lowest BCUT2D eigenvalue weighted by Crippen LogP contribution is -2.57. The number of rotatable bonds is 2. The Balaban J connectivity index is 1.34. The second-order valence-corrected chi connectivity index (χ2v) is 9.53. The smallest absolute Gasteiger partial charge is 0.410 e. The van der Waals surface area contributed by atoms with Crippen LogP contribution in [0, 0.1) is 6.92 Å². The second-order valence-electron chi connectivity index (χ2n) is 9.53. The van der Waals surface area contributed by atoms with E-state index in [1.165, 1.54) is 4.52 Å². The molecule has 4 saturated heterocycles. The van der Waals surface area contributed by atoms with E-state index in [4.69, 9.17) is 9.47 Å². The van der Waals surface area contributed by atoms with E-state index in [0.717, 1.165) is 25.2 Å². The van der Waals surface area contributed by atoms with Gasteiger partial charge in [0.15, 0.2) is 0 Å². The quantitative estimate of drug-likeness (QED) is 0.743. The van der Waals surface area contributed by atoms with Crippen molar-refractivity contribution in [2.75, 3.05) is 49.1 Å². The molecule has 0 saturated carbocycles. The summed E-state index contributed by atoms with van der Waals surface area (Å²) < 4.78 is 12.5. The molecule has 4 aliphatic heterocycles. The number of aromatic amines is 1.